The van der Waals surface area contributed by atoms with Crippen LogP contribution in [0, 0.1) is 12.3 Å². The van der Waals surface area contributed by atoms with Crippen LogP contribution >= 0.6 is 0 Å². The third kappa shape index (κ3) is 2.79. The first kappa shape index (κ1) is 13.4. The molecule has 0 amide bonds. The van der Waals surface area contributed by atoms with Gasteiger partial charge in [0.2, 0.25) is 0 Å². The van der Waals surface area contributed by atoms with Crippen molar-refractivity contribution in [1.82, 2.24) is 4.98 Å². The highest BCUT2D eigenvalue weighted by Crippen LogP contribution is 2.36. The number of nitrogens with zero attached hydrogens (tertiary/aromatic N) is 1. The number of aryl methyl sites for hydroxylation is 1. The molecule has 2 nitrogen and oxygen atoms in total. The predicted octanol–water partition coefficient (Wildman–Crippen LogP) is 4.92. The lowest BCUT2D eigenvalue weighted by atomic mass is 9.75. The van der Waals surface area contributed by atoms with Gasteiger partial charge in [0.15, 0.2) is 0 Å². The van der Waals surface area contributed by atoms with Crippen LogP contribution in [-0.4, -0.2) is 11.0 Å². The summed E-state index contributed by atoms with van der Waals surface area (Å²) in [6, 6.07) is 11.2. The van der Waals surface area contributed by atoms with Gasteiger partial charge in [0, 0.05) is 22.8 Å². The predicted molar refractivity (Wildman–Crippen MR) is 86.1 cm³/mol. The summed E-state index contributed by atoms with van der Waals surface area (Å²) < 4.78 is 0. The van der Waals surface area contributed by atoms with Gasteiger partial charge in [-0.2, -0.15) is 0 Å². The van der Waals surface area contributed by atoms with Crippen molar-refractivity contribution < 1.29 is 0 Å². The summed E-state index contributed by atoms with van der Waals surface area (Å²) in [6.07, 6.45) is 5.16. The van der Waals surface area contributed by atoms with Crippen molar-refractivity contribution in [1.29, 1.82) is 0 Å². The van der Waals surface area contributed by atoms with E-state index in [0.717, 1.165) is 11.2 Å². The Morgan fingerprint density at radius 1 is 1.15 bits per heavy atom. The maximum Gasteiger partial charge on any atom is 0.0725 e. The summed E-state index contributed by atoms with van der Waals surface area (Å²) >= 11 is 0. The third-order valence-electron chi connectivity index (χ3n) is 4.54. The number of rotatable bonds is 2. The number of benzene rings is 1. The standard InChI is InChI=1S/C18H24N2/c1-13-12-17(15-6-4-5-7-16(15)19-13)20-14-8-10-18(2,3)11-9-14/h4-7,12,14H,8-11H2,1-3H3,(H,19,20). The van der Waals surface area contributed by atoms with Gasteiger partial charge in [-0.1, -0.05) is 32.0 Å². The van der Waals surface area contributed by atoms with E-state index in [0.29, 0.717) is 11.5 Å². The zero-order chi connectivity index (χ0) is 14.2. The molecule has 3 rings (SSSR count). The second-order valence-corrected chi connectivity index (χ2v) is 6.91. The second-order valence-electron chi connectivity index (χ2n) is 6.91. The number of hydrogen-bond donors (Lipinski definition) is 1. The number of fused-ring (bicyclic) bond motifs is 1. The molecule has 1 aliphatic carbocycles. The van der Waals surface area contributed by atoms with Crippen molar-refractivity contribution in [3.8, 4) is 0 Å². The fraction of sp³-hybridized carbons (Fsp3) is 0.500. The van der Waals surface area contributed by atoms with Gasteiger partial charge < -0.3 is 5.32 Å². The molecule has 1 aliphatic rings. The lowest BCUT2D eigenvalue weighted by molar-refractivity contribution is 0.232. The molecule has 1 aromatic heterocycles. The number of nitrogens with one attached hydrogen (secondary N) is 1. The van der Waals surface area contributed by atoms with E-state index in [9.17, 15) is 0 Å². The number of para-hydroxylation sites is 1. The Labute approximate surface area is 121 Å². The summed E-state index contributed by atoms with van der Waals surface area (Å²) in [5.41, 5.74) is 3.94. The smallest absolute Gasteiger partial charge is 0.0725 e. The molecule has 2 heteroatoms. The molecule has 0 radical (unpaired) electrons. The summed E-state index contributed by atoms with van der Waals surface area (Å²) in [5.74, 6) is 0. The maximum atomic E-state index is 4.61. The van der Waals surface area contributed by atoms with Crippen molar-refractivity contribution in [3.05, 3.63) is 36.0 Å². The van der Waals surface area contributed by atoms with Crippen LogP contribution in [0.2, 0.25) is 0 Å². The lowest BCUT2D eigenvalue weighted by Gasteiger charge is -2.35. The fourth-order valence-electron chi connectivity index (χ4n) is 3.19. The maximum absolute atomic E-state index is 4.61. The molecule has 0 aliphatic heterocycles. The molecule has 1 fully saturated rings. The van der Waals surface area contributed by atoms with E-state index in [4.69, 9.17) is 0 Å². The van der Waals surface area contributed by atoms with Crippen molar-refractivity contribution in [2.45, 2.75) is 52.5 Å². The molecule has 0 bridgehead atoms. The Kier molecular flexibility index (Phi) is 3.41. The van der Waals surface area contributed by atoms with E-state index in [1.165, 1.54) is 36.8 Å². The van der Waals surface area contributed by atoms with Crippen LogP contribution in [0.1, 0.15) is 45.2 Å². The van der Waals surface area contributed by atoms with Crippen LogP contribution in [0.5, 0.6) is 0 Å². The minimum atomic E-state index is 0.522. The van der Waals surface area contributed by atoms with E-state index >= 15 is 0 Å². The Bertz CT molecular complexity index is 606. The normalized spacial score (nSPS) is 19.1. The average Bonchev–Trinajstić information content (AvgIpc) is 2.41. The topological polar surface area (TPSA) is 24.9 Å². The van der Waals surface area contributed by atoms with Gasteiger partial charge >= 0.3 is 0 Å². The van der Waals surface area contributed by atoms with Crippen LogP contribution < -0.4 is 5.32 Å². The van der Waals surface area contributed by atoms with E-state index in [-0.39, 0.29) is 0 Å². The molecular formula is C18H24N2. The highest BCUT2D eigenvalue weighted by atomic mass is 14.9. The number of anilines is 1. The second kappa shape index (κ2) is 5.08. The van der Waals surface area contributed by atoms with E-state index < -0.39 is 0 Å². The molecule has 20 heavy (non-hydrogen) atoms. The fourth-order valence-corrected chi connectivity index (χ4v) is 3.19. The Hall–Kier alpha value is -1.57. The molecule has 1 heterocycles. The molecule has 0 spiro atoms. The molecule has 0 saturated heterocycles. The summed E-state index contributed by atoms with van der Waals surface area (Å²) in [5, 5.41) is 5.00. The van der Waals surface area contributed by atoms with Gasteiger partial charge in [0.25, 0.3) is 0 Å². The van der Waals surface area contributed by atoms with Gasteiger partial charge in [0.05, 0.1) is 5.52 Å². The van der Waals surface area contributed by atoms with Gasteiger partial charge in [-0.05, 0) is 50.2 Å². The largest absolute Gasteiger partial charge is 0.382 e. The highest BCUT2D eigenvalue weighted by Gasteiger charge is 2.26. The monoisotopic (exact) mass is 268 g/mol. The van der Waals surface area contributed by atoms with Crippen LogP contribution in [-0.2, 0) is 0 Å². The van der Waals surface area contributed by atoms with Crippen LogP contribution in [0.4, 0.5) is 5.69 Å². The van der Waals surface area contributed by atoms with Crippen LogP contribution in [0.3, 0.4) is 0 Å². The van der Waals surface area contributed by atoms with Crippen LogP contribution in [0.25, 0.3) is 10.9 Å². The zero-order valence-electron chi connectivity index (χ0n) is 12.7. The first-order valence-electron chi connectivity index (χ1n) is 7.66. The summed E-state index contributed by atoms with van der Waals surface area (Å²) in [7, 11) is 0. The quantitative estimate of drug-likeness (QED) is 0.836. The Morgan fingerprint density at radius 2 is 1.85 bits per heavy atom. The molecule has 1 N–H and O–H groups in total. The Balaban J connectivity index is 1.84. The summed E-state index contributed by atoms with van der Waals surface area (Å²) in [6.45, 7) is 6.84. The Morgan fingerprint density at radius 3 is 2.60 bits per heavy atom. The number of pyridine rings is 1. The van der Waals surface area contributed by atoms with Gasteiger partial charge in [0.1, 0.15) is 0 Å². The molecule has 0 atom stereocenters. The van der Waals surface area contributed by atoms with Crippen LogP contribution in [0.15, 0.2) is 30.3 Å². The first-order valence-corrected chi connectivity index (χ1v) is 7.66. The molecule has 1 aromatic carbocycles. The number of aromatic nitrogens is 1. The third-order valence-corrected chi connectivity index (χ3v) is 4.54. The molecule has 2 aromatic rings. The van der Waals surface area contributed by atoms with E-state index in [2.05, 4.69) is 61.4 Å². The van der Waals surface area contributed by atoms with Crippen molar-refractivity contribution in [2.24, 2.45) is 5.41 Å². The van der Waals surface area contributed by atoms with E-state index in [1.54, 1.807) is 0 Å². The lowest BCUT2D eigenvalue weighted by Crippen LogP contribution is -2.29. The van der Waals surface area contributed by atoms with Crippen molar-refractivity contribution in [3.63, 3.8) is 0 Å². The molecule has 106 valence electrons. The number of hydrogen-bond acceptors (Lipinski definition) is 2. The zero-order valence-corrected chi connectivity index (χ0v) is 12.7. The van der Waals surface area contributed by atoms with Crippen molar-refractivity contribution in [2.75, 3.05) is 5.32 Å². The van der Waals surface area contributed by atoms with E-state index in [1.807, 2.05) is 0 Å². The first-order chi connectivity index (χ1) is 9.53. The molecule has 0 unspecified atom stereocenters. The average molecular weight is 268 g/mol. The van der Waals surface area contributed by atoms with Gasteiger partial charge in [-0.15, -0.1) is 0 Å². The van der Waals surface area contributed by atoms with Crippen molar-refractivity contribution >= 4 is 16.6 Å². The SMILES string of the molecule is Cc1cc(NC2CCC(C)(C)CC2)c2ccccc2n1. The molecular weight excluding hydrogens is 244 g/mol. The highest BCUT2D eigenvalue weighted by molar-refractivity contribution is 5.91. The minimum Gasteiger partial charge on any atom is -0.382 e. The van der Waals surface area contributed by atoms with Gasteiger partial charge in [-0.25, -0.2) is 0 Å². The molecule has 1 saturated carbocycles. The minimum absolute atomic E-state index is 0.522. The van der Waals surface area contributed by atoms with Gasteiger partial charge in [-0.3, -0.25) is 4.98 Å². The summed E-state index contributed by atoms with van der Waals surface area (Å²) in [4.78, 5) is 4.61.